The van der Waals surface area contributed by atoms with Crippen LogP contribution in [0.3, 0.4) is 0 Å². The molecule has 0 radical (unpaired) electrons. The minimum Gasteiger partial charge on any atom is -0.465 e. The number of benzene rings is 1. The first-order chi connectivity index (χ1) is 10.1. The van der Waals surface area contributed by atoms with Gasteiger partial charge in [-0.25, -0.2) is 8.42 Å². The smallest absolute Gasteiger partial charge is 0.416 e. The standard InChI is InChI=1S/C13H16F3NO4S/c1-3-21-12(18)9-17(22(19,20)4-2)11-7-5-6-10(8-11)13(14,15)16/h5-8H,3-4,9H2,1-2H3. The van der Waals surface area contributed by atoms with Gasteiger partial charge in [-0.05, 0) is 32.0 Å². The first-order valence-electron chi connectivity index (χ1n) is 6.45. The van der Waals surface area contributed by atoms with Crippen LogP contribution in [0.5, 0.6) is 0 Å². The zero-order chi connectivity index (χ0) is 17.0. The van der Waals surface area contributed by atoms with Crippen LogP contribution in [-0.2, 0) is 25.7 Å². The predicted octanol–water partition coefficient (Wildman–Crippen LogP) is 2.42. The summed E-state index contributed by atoms with van der Waals surface area (Å²) in [4.78, 5) is 11.5. The van der Waals surface area contributed by atoms with Gasteiger partial charge >= 0.3 is 12.1 Å². The average molecular weight is 339 g/mol. The van der Waals surface area contributed by atoms with Crippen molar-refractivity contribution in [3.8, 4) is 0 Å². The Hall–Kier alpha value is -1.77. The minimum absolute atomic E-state index is 0.0431. The van der Waals surface area contributed by atoms with Crippen molar-refractivity contribution < 1.29 is 31.1 Å². The van der Waals surface area contributed by atoms with Gasteiger partial charge in [0.1, 0.15) is 6.54 Å². The highest BCUT2D eigenvalue weighted by atomic mass is 32.2. The van der Waals surface area contributed by atoms with Gasteiger partial charge in [-0.2, -0.15) is 13.2 Å². The van der Waals surface area contributed by atoms with Gasteiger partial charge in [0.05, 0.1) is 23.6 Å². The van der Waals surface area contributed by atoms with Crippen LogP contribution >= 0.6 is 0 Å². The molecule has 0 heterocycles. The second-order valence-electron chi connectivity index (χ2n) is 4.26. The third kappa shape index (κ3) is 4.62. The second kappa shape index (κ2) is 6.99. The summed E-state index contributed by atoms with van der Waals surface area (Å²) in [6.07, 6.45) is -4.61. The Bertz CT molecular complexity index is 628. The fraction of sp³-hybridized carbons (Fsp3) is 0.462. The maximum Gasteiger partial charge on any atom is 0.416 e. The van der Waals surface area contributed by atoms with Crippen LogP contribution in [0.25, 0.3) is 0 Å². The molecule has 0 spiro atoms. The number of nitrogens with zero attached hydrogens (tertiary/aromatic N) is 1. The fourth-order valence-electron chi connectivity index (χ4n) is 1.67. The van der Waals surface area contributed by atoms with E-state index in [0.29, 0.717) is 10.4 Å². The van der Waals surface area contributed by atoms with E-state index in [-0.39, 0.29) is 18.0 Å². The zero-order valence-electron chi connectivity index (χ0n) is 12.1. The molecule has 0 atom stereocenters. The molecule has 0 bridgehead atoms. The number of hydrogen-bond acceptors (Lipinski definition) is 4. The number of ether oxygens (including phenoxy) is 1. The summed E-state index contributed by atoms with van der Waals surface area (Å²) < 4.78 is 67.6. The number of carbonyl (C=O) groups excluding carboxylic acids is 1. The number of esters is 1. The molecule has 1 aromatic carbocycles. The van der Waals surface area contributed by atoms with E-state index in [1.54, 1.807) is 6.92 Å². The lowest BCUT2D eigenvalue weighted by Gasteiger charge is -2.23. The Morgan fingerprint density at radius 1 is 1.27 bits per heavy atom. The quantitative estimate of drug-likeness (QED) is 0.747. The van der Waals surface area contributed by atoms with Crippen molar-refractivity contribution in [2.75, 3.05) is 23.2 Å². The van der Waals surface area contributed by atoms with E-state index in [1.807, 2.05) is 0 Å². The van der Waals surface area contributed by atoms with Gasteiger partial charge in [0.2, 0.25) is 10.0 Å². The molecule has 0 aromatic heterocycles. The van der Waals surface area contributed by atoms with E-state index >= 15 is 0 Å². The molecule has 124 valence electrons. The molecular formula is C13H16F3NO4S. The topological polar surface area (TPSA) is 63.7 Å². The lowest BCUT2D eigenvalue weighted by atomic mass is 10.2. The van der Waals surface area contributed by atoms with Crippen molar-refractivity contribution in [1.82, 2.24) is 0 Å². The molecule has 9 heteroatoms. The van der Waals surface area contributed by atoms with Crippen molar-refractivity contribution in [2.24, 2.45) is 0 Å². The molecule has 1 aromatic rings. The third-order valence-corrected chi connectivity index (χ3v) is 4.48. The van der Waals surface area contributed by atoms with Crippen molar-refractivity contribution in [3.63, 3.8) is 0 Å². The Balaban J connectivity index is 3.25. The Labute approximate surface area is 126 Å². The Kier molecular flexibility index (Phi) is 5.81. The van der Waals surface area contributed by atoms with Crippen LogP contribution in [0.4, 0.5) is 18.9 Å². The van der Waals surface area contributed by atoms with Gasteiger partial charge in [-0.1, -0.05) is 6.07 Å². The Morgan fingerprint density at radius 2 is 1.91 bits per heavy atom. The molecule has 1 rings (SSSR count). The highest BCUT2D eigenvalue weighted by Crippen LogP contribution is 2.32. The number of hydrogen-bond donors (Lipinski definition) is 0. The number of anilines is 1. The van der Waals surface area contributed by atoms with Crippen LogP contribution in [0.15, 0.2) is 24.3 Å². The summed E-state index contributed by atoms with van der Waals surface area (Å²) in [5.41, 5.74) is -1.23. The van der Waals surface area contributed by atoms with E-state index in [9.17, 15) is 26.4 Å². The van der Waals surface area contributed by atoms with Crippen LogP contribution in [0.1, 0.15) is 19.4 Å². The van der Waals surface area contributed by atoms with Gasteiger partial charge in [0, 0.05) is 0 Å². The van der Waals surface area contributed by atoms with E-state index in [2.05, 4.69) is 4.74 Å². The van der Waals surface area contributed by atoms with Crippen molar-refractivity contribution >= 4 is 21.7 Å². The van der Waals surface area contributed by atoms with Crippen molar-refractivity contribution in [2.45, 2.75) is 20.0 Å². The predicted molar refractivity (Wildman–Crippen MR) is 74.9 cm³/mol. The maximum absolute atomic E-state index is 12.7. The maximum atomic E-state index is 12.7. The minimum atomic E-state index is -4.61. The number of halogens is 3. The molecular weight excluding hydrogens is 323 g/mol. The van der Waals surface area contributed by atoms with Gasteiger partial charge in [0.25, 0.3) is 0 Å². The SMILES string of the molecule is CCOC(=O)CN(c1cccc(C(F)(F)F)c1)S(=O)(=O)CC. The monoisotopic (exact) mass is 339 g/mol. The molecule has 0 aliphatic rings. The molecule has 0 aliphatic heterocycles. The average Bonchev–Trinajstić information content (AvgIpc) is 2.44. The third-order valence-electron chi connectivity index (χ3n) is 2.74. The molecule has 0 unspecified atom stereocenters. The molecule has 0 N–H and O–H groups in total. The largest absolute Gasteiger partial charge is 0.465 e. The Morgan fingerprint density at radius 3 is 2.41 bits per heavy atom. The fourth-order valence-corrected chi connectivity index (χ4v) is 2.72. The molecule has 5 nitrogen and oxygen atoms in total. The summed E-state index contributed by atoms with van der Waals surface area (Å²) in [6.45, 7) is 2.24. The second-order valence-corrected chi connectivity index (χ2v) is 6.44. The summed E-state index contributed by atoms with van der Waals surface area (Å²) >= 11 is 0. The molecule has 0 fully saturated rings. The first-order valence-corrected chi connectivity index (χ1v) is 8.06. The van der Waals surface area contributed by atoms with Crippen LogP contribution < -0.4 is 4.31 Å². The number of alkyl halides is 3. The zero-order valence-corrected chi connectivity index (χ0v) is 12.9. The van der Waals surface area contributed by atoms with E-state index in [1.165, 1.54) is 13.0 Å². The van der Waals surface area contributed by atoms with Crippen LogP contribution in [0, 0.1) is 0 Å². The molecule has 0 saturated heterocycles. The van der Waals surface area contributed by atoms with Crippen molar-refractivity contribution in [1.29, 1.82) is 0 Å². The highest BCUT2D eigenvalue weighted by molar-refractivity contribution is 7.92. The molecule has 0 aliphatic carbocycles. The number of sulfonamides is 1. The molecule has 0 amide bonds. The summed E-state index contributed by atoms with van der Waals surface area (Å²) in [6, 6.07) is 3.79. The summed E-state index contributed by atoms with van der Waals surface area (Å²) in [7, 11) is -3.92. The van der Waals surface area contributed by atoms with Crippen LogP contribution in [0.2, 0.25) is 0 Å². The lowest BCUT2D eigenvalue weighted by molar-refractivity contribution is -0.141. The molecule has 0 saturated carbocycles. The normalized spacial score (nSPS) is 12.0. The summed E-state index contributed by atoms with van der Waals surface area (Å²) in [5.74, 6) is -1.19. The summed E-state index contributed by atoms with van der Waals surface area (Å²) in [5, 5.41) is 0. The van der Waals surface area contributed by atoms with Crippen LogP contribution in [-0.4, -0.2) is 33.3 Å². The van der Waals surface area contributed by atoms with E-state index in [4.69, 9.17) is 0 Å². The van der Waals surface area contributed by atoms with Gasteiger partial charge in [-0.3, -0.25) is 9.10 Å². The van der Waals surface area contributed by atoms with Crippen molar-refractivity contribution in [3.05, 3.63) is 29.8 Å². The van der Waals surface area contributed by atoms with Gasteiger partial charge in [-0.15, -0.1) is 0 Å². The number of carbonyl (C=O) groups is 1. The number of rotatable bonds is 6. The first kappa shape index (κ1) is 18.3. The van der Waals surface area contributed by atoms with Gasteiger partial charge < -0.3 is 4.74 Å². The lowest BCUT2D eigenvalue weighted by Crippen LogP contribution is -2.37. The van der Waals surface area contributed by atoms with Gasteiger partial charge in [0.15, 0.2) is 0 Å². The van der Waals surface area contributed by atoms with E-state index < -0.39 is 34.3 Å². The van der Waals surface area contributed by atoms with E-state index in [0.717, 1.165) is 12.1 Å². The highest BCUT2D eigenvalue weighted by Gasteiger charge is 2.32. The molecule has 22 heavy (non-hydrogen) atoms.